The lowest BCUT2D eigenvalue weighted by Crippen LogP contribution is -2.14. The van der Waals surface area contributed by atoms with Crippen molar-refractivity contribution in [1.29, 1.82) is 0 Å². The summed E-state index contributed by atoms with van der Waals surface area (Å²) in [5, 5.41) is 10.1. The molecule has 0 bridgehead atoms. The Kier molecular flexibility index (Phi) is 5.83. The van der Waals surface area contributed by atoms with Crippen LogP contribution in [0.5, 0.6) is 0 Å². The van der Waals surface area contributed by atoms with Gasteiger partial charge < -0.3 is 5.11 Å². The Labute approximate surface area is 123 Å². The van der Waals surface area contributed by atoms with Crippen LogP contribution in [0.2, 0.25) is 0 Å². The highest BCUT2D eigenvalue weighted by molar-refractivity contribution is 9.10. The number of aliphatic hydroxyl groups excluding tert-OH is 1. The zero-order valence-corrected chi connectivity index (χ0v) is 12.8. The second-order valence-corrected chi connectivity index (χ2v) is 6.53. The molecule has 1 fully saturated rings. The highest BCUT2D eigenvalue weighted by Crippen LogP contribution is 2.28. The van der Waals surface area contributed by atoms with E-state index in [-0.39, 0.29) is 11.9 Å². The van der Waals surface area contributed by atoms with Gasteiger partial charge in [0.1, 0.15) is 5.82 Å². The van der Waals surface area contributed by atoms with Crippen molar-refractivity contribution < 1.29 is 9.50 Å². The molecule has 106 valence electrons. The van der Waals surface area contributed by atoms with E-state index >= 15 is 0 Å². The van der Waals surface area contributed by atoms with Crippen molar-refractivity contribution in [2.75, 3.05) is 0 Å². The Hall–Kier alpha value is -0.410. The van der Waals surface area contributed by atoms with Gasteiger partial charge in [-0.1, -0.05) is 54.1 Å². The fourth-order valence-corrected chi connectivity index (χ4v) is 3.46. The summed E-state index contributed by atoms with van der Waals surface area (Å²) in [4.78, 5) is 0. The van der Waals surface area contributed by atoms with Crippen LogP contribution in [0.15, 0.2) is 22.7 Å². The summed E-state index contributed by atoms with van der Waals surface area (Å²) in [7, 11) is 0. The quantitative estimate of drug-likeness (QED) is 0.818. The molecule has 0 amide bonds. The van der Waals surface area contributed by atoms with Gasteiger partial charge in [-0.3, -0.25) is 0 Å². The van der Waals surface area contributed by atoms with Gasteiger partial charge in [-0.05, 0) is 42.9 Å². The van der Waals surface area contributed by atoms with Crippen LogP contribution < -0.4 is 0 Å². The summed E-state index contributed by atoms with van der Waals surface area (Å²) in [6.07, 6.45) is 9.00. The standard InChI is InChI=1S/C16H22BrFO/c17-16-11-14(18)8-7-13(16)10-15(19)9-6-12-4-2-1-3-5-12/h7-8,11-12,15,19H,1-6,9-10H2. The smallest absolute Gasteiger partial charge is 0.124 e. The van der Waals surface area contributed by atoms with E-state index < -0.39 is 0 Å². The van der Waals surface area contributed by atoms with Gasteiger partial charge in [0.15, 0.2) is 0 Å². The average Bonchev–Trinajstić information content (AvgIpc) is 2.41. The van der Waals surface area contributed by atoms with Crippen LogP contribution in [-0.4, -0.2) is 11.2 Å². The Morgan fingerprint density at radius 3 is 2.68 bits per heavy atom. The van der Waals surface area contributed by atoms with Gasteiger partial charge in [0.25, 0.3) is 0 Å². The Bertz CT molecular complexity index is 402. The minimum atomic E-state index is -0.316. The molecule has 0 aliphatic heterocycles. The van der Waals surface area contributed by atoms with Gasteiger partial charge in [-0.25, -0.2) is 4.39 Å². The monoisotopic (exact) mass is 328 g/mol. The molecule has 19 heavy (non-hydrogen) atoms. The van der Waals surface area contributed by atoms with Crippen molar-refractivity contribution >= 4 is 15.9 Å². The zero-order chi connectivity index (χ0) is 13.7. The van der Waals surface area contributed by atoms with Crippen molar-refractivity contribution in [3.8, 4) is 0 Å². The lowest BCUT2D eigenvalue weighted by Gasteiger charge is -2.22. The fourth-order valence-electron chi connectivity index (χ4n) is 2.95. The van der Waals surface area contributed by atoms with Crippen molar-refractivity contribution in [1.82, 2.24) is 0 Å². The van der Waals surface area contributed by atoms with Crippen LogP contribution in [-0.2, 0) is 6.42 Å². The van der Waals surface area contributed by atoms with Crippen molar-refractivity contribution in [3.63, 3.8) is 0 Å². The number of hydrogen-bond acceptors (Lipinski definition) is 1. The highest BCUT2D eigenvalue weighted by atomic mass is 79.9. The lowest BCUT2D eigenvalue weighted by molar-refractivity contribution is 0.149. The van der Waals surface area contributed by atoms with Crippen molar-refractivity contribution in [2.24, 2.45) is 5.92 Å². The number of rotatable bonds is 5. The molecule has 3 heteroatoms. The summed E-state index contributed by atoms with van der Waals surface area (Å²) in [6, 6.07) is 4.67. The van der Waals surface area contributed by atoms with E-state index in [1.807, 2.05) is 0 Å². The highest BCUT2D eigenvalue weighted by Gasteiger charge is 2.16. The summed E-state index contributed by atoms with van der Waals surface area (Å²) in [6.45, 7) is 0. The van der Waals surface area contributed by atoms with Crippen LogP contribution in [0, 0.1) is 11.7 Å². The molecular weight excluding hydrogens is 307 g/mol. The Morgan fingerprint density at radius 2 is 2.00 bits per heavy atom. The van der Waals surface area contributed by atoms with Crippen LogP contribution in [0.4, 0.5) is 4.39 Å². The van der Waals surface area contributed by atoms with E-state index in [9.17, 15) is 9.50 Å². The average molecular weight is 329 g/mol. The van der Waals surface area contributed by atoms with Crippen LogP contribution in [0.1, 0.15) is 50.5 Å². The summed E-state index contributed by atoms with van der Waals surface area (Å²) in [5.41, 5.74) is 0.984. The van der Waals surface area contributed by atoms with Crippen molar-refractivity contribution in [2.45, 2.75) is 57.5 Å². The number of hydrogen-bond donors (Lipinski definition) is 1. The van der Waals surface area contributed by atoms with E-state index in [1.54, 1.807) is 6.07 Å². The van der Waals surface area contributed by atoms with Gasteiger partial charge in [-0.15, -0.1) is 0 Å². The fraction of sp³-hybridized carbons (Fsp3) is 0.625. The summed E-state index contributed by atoms with van der Waals surface area (Å²) < 4.78 is 13.7. The van der Waals surface area contributed by atoms with Gasteiger partial charge >= 0.3 is 0 Å². The maximum atomic E-state index is 13.0. The molecule has 0 saturated heterocycles. The topological polar surface area (TPSA) is 20.2 Å². The molecule has 1 N–H and O–H groups in total. The molecule has 0 aromatic heterocycles. The van der Waals surface area contributed by atoms with E-state index in [0.29, 0.717) is 6.42 Å². The maximum Gasteiger partial charge on any atom is 0.124 e. The van der Waals surface area contributed by atoms with Gasteiger partial charge in [0, 0.05) is 4.47 Å². The van der Waals surface area contributed by atoms with Crippen molar-refractivity contribution in [3.05, 3.63) is 34.1 Å². The molecule has 1 aliphatic carbocycles. The predicted molar refractivity (Wildman–Crippen MR) is 79.6 cm³/mol. The molecular formula is C16H22BrFO. The molecule has 1 unspecified atom stereocenters. The predicted octanol–water partition coefficient (Wildman–Crippen LogP) is 4.85. The molecule has 0 spiro atoms. The number of aliphatic hydroxyl groups is 1. The Morgan fingerprint density at radius 1 is 1.26 bits per heavy atom. The van der Waals surface area contributed by atoms with Gasteiger partial charge in [0.05, 0.1) is 6.10 Å². The second-order valence-electron chi connectivity index (χ2n) is 5.68. The van der Waals surface area contributed by atoms with E-state index in [2.05, 4.69) is 15.9 Å². The van der Waals surface area contributed by atoms with Crippen LogP contribution >= 0.6 is 15.9 Å². The Balaban J connectivity index is 1.78. The minimum absolute atomic E-state index is 0.243. The van der Waals surface area contributed by atoms with Gasteiger partial charge in [0.2, 0.25) is 0 Å². The number of benzene rings is 1. The van der Waals surface area contributed by atoms with E-state index in [0.717, 1.165) is 28.8 Å². The summed E-state index contributed by atoms with van der Waals surface area (Å²) in [5.74, 6) is 0.562. The zero-order valence-electron chi connectivity index (χ0n) is 11.2. The van der Waals surface area contributed by atoms with Crippen LogP contribution in [0.25, 0.3) is 0 Å². The first-order valence-electron chi connectivity index (χ1n) is 7.27. The molecule has 1 aromatic rings. The molecule has 1 aromatic carbocycles. The van der Waals surface area contributed by atoms with Gasteiger partial charge in [-0.2, -0.15) is 0 Å². The first-order valence-corrected chi connectivity index (χ1v) is 8.06. The minimum Gasteiger partial charge on any atom is -0.393 e. The number of halogens is 2. The van der Waals surface area contributed by atoms with Crippen LogP contribution in [0.3, 0.4) is 0 Å². The summed E-state index contributed by atoms with van der Waals surface area (Å²) >= 11 is 3.35. The molecule has 1 atom stereocenters. The molecule has 2 rings (SSSR count). The normalized spacial score (nSPS) is 18.5. The SMILES string of the molecule is OC(CCC1CCCCC1)Cc1ccc(F)cc1Br. The third-order valence-electron chi connectivity index (χ3n) is 4.10. The first kappa shape index (κ1) is 15.0. The second kappa shape index (κ2) is 7.39. The van der Waals surface area contributed by atoms with E-state index in [4.69, 9.17) is 0 Å². The molecule has 1 nitrogen and oxygen atoms in total. The molecule has 1 aliphatic rings. The molecule has 0 heterocycles. The van der Waals surface area contributed by atoms with E-state index in [1.165, 1.54) is 44.2 Å². The third kappa shape index (κ3) is 4.88. The lowest BCUT2D eigenvalue weighted by atomic mass is 9.85. The third-order valence-corrected chi connectivity index (χ3v) is 4.84. The molecule has 1 saturated carbocycles. The maximum absolute atomic E-state index is 13.0. The first-order chi connectivity index (χ1) is 9.15. The largest absolute Gasteiger partial charge is 0.393 e. The molecule has 0 radical (unpaired) electrons.